The summed E-state index contributed by atoms with van der Waals surface area (Å²) in [6.07, 6.45) is 3.91. The van der Waals surface area contributed by atoms with E-state index in [1.165, 1.54) is 12.2 Å². The molecule has 0 spiro atoms. The predicted octanol–water partition coefficient (Wildman–Crippen LogP) is 6.08. The number of halogens is 2. The Labute approximate surface area is 237 Å². The summed E-state index contributed by atoms with van der Waals surface area (Å²) in [5.41, 5.74) is 3.60. The molecular weight excluding hydrogens is 553 g/mol. The van der Waals surface area contributed by atoms with Gasteiger partial charge in [0.25, 0.3) is 15.9 Å². The minimum atomic E-state index is -3.99. The highest BCUT2D eigenvalue weighted by atomic mass is 35.5. The predicted molar refractivity (Wildman–Crippen MR) is 157 cm³/mol. The summed E-state index contributed by atoms with van der Waals surface area (Å²) in [4.78, 5) is 16.7. The summed E-state index contributed by atoms with van der Waals surface area (Å²) in [5, 5.41) is 1.62. The van der Waals surface area contributed by atoms with Crippen LogP contribution in [0.2, 0.25) is 10.2 Å². The van der Waals surface area contributed by atoms with Crippen LogP contribution in [0, 0.1) is 18.8 Å². The second-order valence-corrected chi connectivity index (χ2v) is 10.7. The van der Waals surface area contributed by atoms with Gasteiger partial charge in [-0.05, 0) is 54.5 Å². The number of carbonyl (C=O) groups excluding carboxylic acids is 1. The smallest absolute Gasteiger partial charge is 0.257 e. The van der Waals surface area contributed by atoms with E-state index in [4.69, 9.17) is 23.2 Å². The summed E-state index contributed by atoms with van der Waals surface area (Å²) in [5.74, 6) is 5.98. The molecule has 9 heteroatoms. The van der Waals surface area contributed by atoms with Gasteiger partial charge >= 0.3 is 0 Å². The summed E-state index contributed by atoms with van der Waals surface area (Å²) < 4.78 is 28.3. The molecule has 3 aromatic carbocycles. The zero-order chi connectivity index (χ0) is 27.8. The third-order valence-electron chi connectivity index (χ3n) is 5.53. The topological polar surface area (TPSA) is 81.1 Å². The Bertz CT molecular complexity index is 1720. The Kier molecular flexibility index (Phi) is 9.05. The normalized spacial score (nSPS) is 11.5. The Morgan fingerprint density at radius 1 is 0.949 bits per heavy atom. The first-order valence-corrected chi connectivity index (χ1v) is 14.1. The third kappa shape index (κ3) is 7.95. The maximum absolute atomic E-state index is 12.4. The number of amides is 1. The lowest BCUT2D eigenvalue weighted by molar-refractivity contribution is -0.114. The molecule has 0 atom stereocenters. The van der Waals surface area contributed by atoms with Crippen LogP contribution >= 0.6 is 23.2 Å². The summed E-state index contributed by atoms with van der Waals surface area (Å²) in [7, 11) is -3.99. The highest BCUT2D eigenvalue weighted by Gasteiger charge is 2.14. The maximum Gasteiger partial charge on any atom is 0.257 e. The largest absolute Gasteiger partial charge is 0.323 e. The number of imidazole rings is 1. The summed E-state index contributed by atoms with van der Waals surface area (Å²) in [6.45, 7) is 2.10. The molecule has 1 amide bonds. The van der Waals surface area contributed by atoms with E-state index in [0.717, 1.165) is 28.2 Å². The van der Waals surface area contributed by atoms with Gasteiger partial charge in [0.15, 0.2) is 5.15 Å². The summed E-state index contributed by atoms with van der Waals surface area (Å²) >= 11 is 12.9. The van der Waals surface area contributed by atoms with Crippen molar-refractivity contribution in [1.29, 1.82) is 0 Å². The van der Waals surface area contributed by atoms with Crippen LogP contribution in [0.25, 0.3) is 12.2 Å². The number of hydrogen-bond acceptors (Lipinski definition) is 4. The highest BCUT2D eigenvalue weighted by Crippen LogP contribution is 2.24. The number of sulfonamides is 1. The number of aromatic nitrogens is 2. The monoisotopic (exact) mass is 575 g/mol. The Morgan fingerprint density at radius 2 is 1.62 bits per heavy atom. The zero-order valence-corrected chi connectivity index (χ0v) is 23.1. The van der Waals surface area contributed by atoms with Gasteiger partial charge in [-0.15, -0.1) is 0 Å². The van der Waals surface area contributed by atoms with Gasteiger partial charge in [0.2, 0.25) is 0 Å². The molecule has 0 unspecified atom stereocenters. The van der Waals surface area contributed by atoms with Gasteiger partial charge in [-0.3, -0.25) is 4.79 Å². The Hall–Kier alpha value is -4.09. The molecule has 0 saturated carbocycles. The van der Waals surface area contributed by atoms with E-state index >= 15 is 0 Å². The molecule has 1 aromatic heterocycles. The van der Waals surface area contributed by atoms with Crippen molar-refractivity contribution in [2.75, 3.05) is 0 Å². The van der Waals surface area contributed by atoms with Gasteiger partial charge in [-0.1, -0.05) is 89.6 Å². The van der Waals surface area contributed by atoms with Crippen molar-refractivity contribution in [3.05, 3.63) is 134 Å². The van der Waals surface area contributed by atoms with E-state index < -0.39 is 15.9 Å². The van der Waals surface area contributed by atoms with Crippen LogP contribution in [0.3, 0.4) is 0 Å². The van der Waals surface area contributed by atoms with Crippen LogP contribution in [0.15, 0.2) is 90.3 Å². The molecule has 0 saturated heterocycles. The van der Waals surface area contributed by atoms with Gasteiger partial charge in [-0.25, -0.2) is 18.1 Å². The van der Waals surface area contributed by atoms with Gasteiger partial charge in [0.05, 0.1) is 17.6 Å². The fraction of sp³-hybridized carbons (Fsp3) is 0.0667. The van der Waals surface area contributed by atoms with Crippen LogP contribution in [0.5, 0.6) is 0 Å². The number of hydrogen-bond donors (Lipinski definition) is 1. The lowest BCUT2D eigenvalue weighted by Gasteiger charge is -2.10. The van der Waals surface area contributed by atoms with Crippen LogP contribution < -0.4 is 4.72 Å². The first kappa shape index (κ1) is 27.9. The number of benzene rings is 3. The summed E-state index contributed by atoms with van der Waals surface area (Å²) in [6, 6.07) is 24.1. The van der Waals surface area contributed by atoms with E-state index in [2.05, 4.69) is 16.8 Å². The number of nitrogens with zero attached hydrogens (tertiary/aromatic N) is 2. The molecule has 0 aliphatic carbocycles. The zero-order valence-electron chi connectivity index (χ0n) is 20.8. The van der Waals surface area contributed by atoms with Crippen molar-refractivity contribution in [2.24, 2.45) is 0 Å². The molecule has 39 heavy (non-hydrogen) atoms. The SMILES string of the molecule is Cc1nc(Cl)c(/C=C/C(=O)NS(=O)(=O)C=Cc2ccccc2)n1Cc1ccc(C#Cc2ccccc2)cc1Cl. The average molecular weight is 577 g/mol. The molecule has 1 N–H and O–H groups in total. The lowest BCUT2D eigenvalue weighted by Crippen LogP contribution is -2.26. The maximum atomic E-state index is 12.4. The van der Waals surface area contributed by atoms with Crippen LogP contribution in [0.1, 0.15) is 33.8 Å². The number of aryl methyl sites for hydroxylation is 1. The second-order valence-electron chi connectivity index (χ2n) is 8.40. The molecule has 0 aliphatic rings. The van der Waals surface area contributed by atoms with E-state index in [1.54, 1.807) is 41.8 Å². The van der Waals surface area contributed by atoms with E-state index in [-0.39, 0.29) is 5.15 Å². The fourth-order valence-corrected chi connectivity index (χ4v) is 4.87. The van der Waals surface area contributed by atoms with Crippen molar-refractivity contribution >= 4 is 51.3 Å². The van der Waals surface area contributed by atoms with Crippen molar-refractivity contribution in [3.63, 3.8) is 0 Å². The van der Waals surface area contributed by atoms with E-state index in [9.17, 15) is 13.2 Å². The molecule has 6 nitrogen and oxygen atoms in total. The van der Waals surface area contributed by atoms with Crippen LogP contribution in [-0.4, -0.2) is 23.9 Å². The first-order chi connectivity index (χ1) is 18.7. The van der Waals surface area contributed by atoms with Crippen LogP contribution in [-0.2, 0) is 21.4 Å². The minimum Gasteiger partial charge on any atom is -0.323 e. The molecule has 0 radical (unpaired) electrons. The van der Waals surface area contributed by atoms with Gasteiger partial charge < -0.3 is 4.57 Å². The molecule has 0 aliphatic heterocycles. The van der Waals surface area contributed by atoms with Gasteiger partial charge in [0, 0.05) is 22.2 Å². The molecule has 196 valence electrons. The molecule has 4 rings (SSSR count). The third-order valence-corrected chi connectivity index (χ3v) is 7.14. The number of rotatable bonds is 7. The van der Waals surface area contributed by atoms with Gasteiger partial charge in [-0.2, -0.15) is 0 Å². The van der Waals surface area contributed by atoms with Crippen molar-refractivity contribution in [1.82, 2.24) is 14.3 Å². The van der Waals surface area contributed by atoms with E-state index in [0.29, 0.717) is 28.6 Å². The molecule has 0 fully saturated rings. The lowest BCUT2D eigenvalue weighted by atomic mass is 10.1. The fourth-order valence-electron chi connectivity index (χ4n) is 3.59. The number of nitrogens with one attached hydrogen (secondary N) is 1. The van der Waals surface area contributed by atoms with Crippen LogP contribution in [0.4, 0.5) is 0 Å². The van der Waals surface area contributed by atoms with Gasteiger partial charge in [0.1, 0.15) is 5.82 Å². The van der Waals surface area contributed by atoms with Crippen molar-refractivity contribution < 1.29 is 13.2 Å². The average Bonchev–Trinajstić information content (AvgIpc) is 3.18. The number of carbonyl (C=O) groups is 1. The molecule has 4 aromatic rings. The van der Waals surface area contributed by atoms with E-state index in [1.807, 2.05) is 53.3 Å². The minimum absolute atomic E-state index is 0.171. The standard InChI is InChI=1S/C30H23Cl2N3O3S/c1-22-33-30(32)28(16-17-29(36)34-39(37,38)19-18-24-10-6-3-7-11-24)35(22)21-26-15-14-25(20-27(26)31)13-12-23-8-4-2-5-9-23/h2-11,14-20H,21H2,1H3,(H,34,36)/b17-16+,19-18?. The molecule has 1 heterocycles. The quantitative estimate of drug-likeness (QED) is 0.214. The first-order valence-electron chi connectivity index (χ1n) is 11.8. The molecular formula is C30H23Cl2N3O3S. The highest BCUT2D eigenvalue weighted by molar-refractivity contribution is 7.93. The Morgan fingerprint density at radius 3 is 2.31 bits per heavy atom. The molecule has 0 bridgehead atoms. The van der Waals surface area contributed by atoms with Crippen molar-refractivity contribution in [2.45, 2.75) is 13.5 Å². The van der Waals surface area contributed by atoms with Crippen molar-refractivity contribution in [3.8, 4) is 11.8 Å². The Balaban J connectivity index is 1.48. The second kappa shape index (κ2) is 12.6.